The van der Waals surface area contributed by atoms with Crippen LogP contribution >= 0.6 is 11.3 Å². The van der Waals surface area contributed by atoms with E-state index in [4.69, 9.17) is 19.2 Å². The number of hydrogen-bond donors (Lipinski definition) is 0. The largest absolute Gasteiger partial charge is 0.479 e. The molecule has 3 aromatic rings. The van der Waals surface area contributed by atoms with Crippen LogP contribution in [0.4, 0.5) is 5.69 Å². The zero-order valence-electron chi connectivity index (χ0n) is 18.8. The minimum Gasteiger partial charge on any atom is -0.479 e. The summed E-state index contributed by atoms with van der Waals surface area (Å²) >= 11 is 1.59. The summed E-state index contributed by atoms with van der Waals surface area (Å²) in [4.78, 5) is 31.5. The molecule has 33 heavy (non-hydrogen) atoms. The van der Waals surface area contributed by atoms with Crippen molar-refractivity contribution in [3.05, 3.63) is 64.5 Å². The molecule has 1 aliphatic rings. The molecule has 0 saturated heterocycles. The Balaban J connectivity index is 1.56. The lowest BCUT2D eigenvalue weighted by Crippen LogP contribution is -2.47. The number of methoxy groups -OCH3 is 1. The number of carbonyl (C=O) groups excluding carboxylic acids is 2. The van der Waals surface area contributed by atoms with Crippen LogP contribution in [0.15, 0.2) is 53.9 Å². The first-order valence-corrected chi connectivity index (χ1v) is 11.6. The number of aromatic nitrogens is 1. The Labute approximate surface area is 196 Å². The van der Waals surface area contributed by atoms with Gasteiger partial charge in [-0.25, -0.2) is 4.98 Å². The van der Waals surface area contributed by atoms with Gasteiger partial charge in [0.1, 0.15) is 18.4 Å². The molecule has 172 valence electrons. The van der Waals surface area contributed by atoms with E-state index in [1.165, 1.54) is 10.5 Å². The third kappa shape index (κ3) is 5.40. The number of anilines is 1. The number of carbonyl (C=O) groups is 2. The van der Waals surface area contributed by atoms with Gasteiger partial charge >= 0.3 is 5.97 Å². The standard InChI is InChI=1S/C25H26N2O5S/c1-16(14-30-3)31-24(28)13-27-21-12-19(9-10-22(21)32-17(2)25(27)29)20-15-33-23(26-20)11-18-7-5-4-6-8-18/h4-10,12,15-17H,11,13-14H2,1-3H3. The summed E-state index contributed by atoms with van der Waals surface area (Å²) in [6.45, 7) is 3.50. The molecular formula is C25H26N2O5S. The highest BCUT2D eigenvalue weighted by atomic mass is 32.1. The summed E-state index contributed by atoms with van der Waals surface area (Å²) in [5.41, 5.74) is 3.39. The molecule has 2 heterocycles. The smallest absolute Gasteiger partial charge is 0.326 e. The van der Waals surface area contributed by atoms with E-state index in [1.807, 2.05) is 41.8 Å². The molecule has 0 spiro atoms. The van der Waals surface area contributed by atoms with Crippen LogP contribution in [0.3, 0.4) is 0 Å². The van der Waals surface area contributed by atoms with Gasteiger partial charge in [-0.05, 0) is 37.6 Å². The second-order valence-corrected chi connectivity index (χ2v) is 8.85. The van der Waals surface area contributed by atoms with E-state index >= 15 is 0 Å². The van der Waals surface area contributed by atoms with Crippen LogP contribution in [-0.4, -0.2) is 49.3 Å². The van der Waals surface area contributed by atoms with Gasteiger partial charge in [-0.3, -0.25) is 14.5 Å². The number of hydrogen-bond acceptors (Lipinski definition) is 7. The Hall–Kier alpha value is -3.23. The highest BCUT2D eigenvalue weighted by molar-refractivity contribution is 7.10. The van der Waals surface area contributed by atoms with E-state index in [0.29, 0.717) is 11.4 Å². The fourth-order valence-corrected chi connectivity index (χ4v) is 4.52. The topological polar surface area (TPSA) is 78.0 Å². The van der Waals surface area contributed by atoms with Crippen molar-refractivity contribution in [2.45, 2.75) is 32.5 Å². The van der Waals surface area contributed by atoms with Gasteiger partial charge in [-0.15, -0.1) is 11.3 Å². The average Bonchev–Trinajstić information content (AvgIpc) is 3.26. The van der Waals surface area contributed by atoms with E-state index < -0.39 is 18.2 Å². The fraction of sp³-hybridized carbons (Fsp3) is 0.320. The predicted octanol–water partition coefficient (Wildman–Crippen LogP) is 4.09. The molecule has 0 N–H and O–H groups in total. The SMILES string of the molecule is COCC(C)OC(=O)CN1C(=O)C(C)Oc2ccc(-c3csc(Cc4ccccc4)n3)cc21. The third-order valence-corrected chi connectivity index (χ3v) is 6.08. The van der Waals surface area contributed by atoms with E-state index in [0.717, 1.165) is 22.7 Å². The molecular weight excluding hydrogens is 440 g/mol. The quantitative estimate of drug-likeness (QED) is 0.466. The van der Waals surface area contributed by atoms with Crippen LogP contribution in [0.1, 0.15) is 24.4 Å². The number of thiazole rings is 1. The molecule has 2 atom stereocenters. The molecule has 0 bridgehead atoms. The van der Waals surface area contributed by atoms with Gasteiger partial charge in [-0.1, -0.05) is 30.3 Å². The van der Waals surface area contributed by atoms with Gasteiger partial charge in [0.25, 0.3) is 5.91 Å². The van der Waals surface area contributed by atoms with E-state index in [9.17, 15) is 9.59 Å². The van der Waals surface area contributed by atoms with Crippen molar-refractivity contribution in [1.29, 1.82) is 0 Å². The average molecular weight is 467 g/mol. The van der Waals surface area contributed by atoms with Gasteiger partial charge < -0.3 is 14.2 Å². The van der Waals surface area contributed by atoms with Crippen molar-refractivity contribution in [2.24, 2.45) is 0 Å². The molecule has 2 unspecified atom stereocenters. The van der Waals surface area contributed by atoms with Crippen LogP contribution in [0.5, 0.6) is 5.75 Å². The van der Waals surface area contributed by atoms with Gasteiger partial charge in [0.15, 0.2) is 6.10 Å². The first-order valence-electron chi connectivity index (χ1n) is 10.7. The highest BCUT2D eigenvalue weighted by Crippen LogP contribution is 2.38. The summed E-state index contributed by atoms with van der Waals surface area (Å²) < 4.78 is 16.1. The molecule has 1 amide bonds. The zero-order chi connectivity index (χ0) is 23.4. The maximum atomic E-state index is 12.8. The van der Waals surface area contributed by atoms with Crippen LogP contribution in [0.2, 0.25) is 0 Å². The Morgan fingerprint density at radius 3 is 2.79 bits per heavy atom. The molecule has 2 aromatic carbocycles. The molecule has 8 heteroatoms. The summed E-state index contributed by atoms with van der Waals surface area (Å²) in [6.07, 6.45) is -0.336. The van der Waals surface area contributed by atoms with E-state index in [1.54, 1.807) is 32.3 Å². The van der Waals surface area contributed by atoms with Gasteiger partial charge in [0, 0.05) is 24.5 Å². The van der Waals surface area contributed by atoms with Crippen molar-refractivity contribution in [3.8, 4) is 17.0 Å². The molecule has 0 aliphatic carbocycles. The number of rotatable bonds is 8. The minimum atomic E-state index is -0.690. The zero-order valence-corrected chi connectivity index (χ0v) is 19.6. The minimum absolute atomic E-state index is 0.201. The van der Waals surface area contributed by atoms with Gasteiger partial charge in [0.05, 0.1) is 23.0 Å². The lowest BCUT2D eigenvalue weighted by Gasteiger charge is -2.32. The van der Waals surface area contributed by atoms with Crippen molar-refractivity contribution in [1.82, 2.24) is 4.98 Å². The van der Waals surface area contributed by atoms with Crippen molar-refractivity contribution < 1.29 is 23.8 Å². The predicted molar refractivity (Wildman–Crippen MR) is 127 cm³/mol. The summed E-state index contributed by atoms with van der Waals surface area (Å²) in [7, 11) is 1.54. The molecule has 7 nitrogen and oxygen atoms in total. The van der Waals surface area contributed by atoms with Crippen LogP contribution in [-0.2, 0) is 25.5 Å². The fourth-order valence-electron chi connectivity index (χ4n) is 3.68. The summed E-state index contributed by atoms with van der Waals surface area (Å²) in [5.74, 6) is -0.250. The summed E-state index contributed by atoms with van der Waals surface area (Å²) in [5, 5.41) is 3.00. The second kappa shape index (κ2) is 10.1. The maximum Gasteiger partial charge on any atom is 0.326 e. The van der Waals surface area contributed by atoms with Crippen LogP contribution in [0, 0.1) is 0 Å². The maximum absolute atomic E-state index is 12.8. The third-order valence-electron chi connectivity index (χ3n) is 5.23. The van der Waals surface area contributed by atoms with Crippen molar-refractivity contribution in [3.63, 3.8) is 0 Å². The first-order chi connectivity index (χ1) is 15.9. The molecule has 1 aromatic heterocycles. The summed E-state index contributed by atoms with van der Waals surface area (Å²) in [6, 6.07) is 15.8. The first kappa shape index (κ1) is 22.9. The number of esters is 1. The molecule has 0 saturated carbocycles. The molecule has 0 fully saturated rings. The number of fused-ring (bicyclic) bond motifs is 1. The molecule has 4 rings (SSSR count). The number of nitrogens with zero attached hydrogens (tertiary/aromatic N) is 2. The Kier molecular flexibility index (Phi) is 7.05. The highest BCUT2D eigenvalue weighted by Gasteiger charge is 2.33. The molecule has 0 radical (unpaired) electrons. The van der Waals surface area contributed by atoms with Crippen molar-refractivity contribution >= 4 is 28.9 Å². The van der Waals surface area contributed by atoms with E-state index in [2.05, 4.69) is 12.1 Å². The Morgan fingerprint density at radius 2 is 2.03 bits per heavy atom. The monoisotopic (exact) mass is 466 g/mol. The van der Waals surface area contributed by atoms with Crippen LogP contribution < -0.4 is 9.64 Å². The number of benzene rings is 2. The Bertz CT molecular complexity index is 1130. The molecule has 1 aliphatic heterocycles. The van der Waals surface area contributed by atoms with Gasteiger partial charge in [-0.2, -0.15) is 0 Å². The lowest BCUT2D eigenvalue weighted by molar-refractivity contribution is -0.149. The van der Waals surface area contributed by atoms with E-state index in [-0.39, 0.29) is 19.1 Å². The normalized spacial score (nSPS) is 16.2. The lowest BCUT2D eigenvalue weighted by atomic mass is 10.1. The number of ether oxygens (including phenoxy) is 3. The second-order valence-electron chi connectivity index (χ2n) is 7.91. The Morgan fingerprint density at radius 1 is 1.24 bits per heavy atom. The number of amides is 1. The van der Waals surface area contributed by atoms with Crippen molar-refractivity contribution in [2.75, 3.05) is 25.2 Å². The van der Waals surface area contributed by atoms with Crippen LogP contribution in [0.25, 0.3) is 11.3 Å². The van der Waals surface area contributed by atoms with Gasteiger partial charge in [0.2, 0.25) is 0 Å².